The molecule has 1 unspecified atom stereocenters. The minimum Gasteiger partial charge on any atom is -0.386 e. The van der Waals surface area contributed by atoms with Crippen LogP contribution in [0, 0.1) is 0 Å². The first kappa shape index (κ1) is 7.80. The van der Waals surface area contributed by atoms with E-state index in [9.17, 15) is 5.11 Å². The molecular weight excluding hydrogens is 124 g/mol. The lowest BCUT2D eigenvalue weighted by Gasteiger charge is -2.19. The van der Waals surface area contributed by atoms with E-state index in [4.69, 9.17) is 0 Å². The molecule has 1 N–H and O–H groups in total. The molecule has 0 aromatic heterocycles. The van der Waals surface area contributed by atoms with Crippen LogP contribution in [0.4, 0.5) is 0 Å². The van der Waals surface area contributed by atoms with Gasteiger partial charge in [0.15, 0.2) is 0 Å². The Labute approximate surface area is 62.8 Å². The number of aliphatic hydroxyl groups is 1. The maximum atomic E-state index is 9.74. The molecule has 0 fully saturated rings. The summed E-state index contributed by atoms with van der Waals surface area (Å²) in [6, 6.07) is 0. The van der Waals surface area contributed by atoms with E-state index in [1.165, 1.54) is 6.42 Å². The lowest BCUT2D eigenvalue weighted by molar-refractivity contribution is 0.0790. The summed E-state index contributed by atoms with van der Waals surface area (Å²) < 4.78 is 0. The van der Waals surface area contributed by atoms with Crippen LogP contribution in [0.1, 0.15) is 39.0 Å². The Balaban J connectivity index is 2.30. The van der Waals surface area contributed by atoms with Crippen molar-refractivity contribution in [2.24, 2.45) is 0 Å². The van der Waals surface area contributed by atoms with Crippen LogP contribution in [-0.2, 0) is 0 Å². The molecule has 10 heavy (non-hydrogen) atoms. The standard InChI is InChI=1S/C9H16O/c1-2-3-6-9(10)7-4-5-8-9/h4,7,10H,2-3,5-6,8H2,1H3. The highest BCUT2D eigenvalue weighted by Crippen LogP contribution is 2.27. The Bertz CT molecular complexity index is 129. The molecule has 1 heteroatoms. The molecule has 1 aliphatic rings. The summed E-state index contributed by atoms with van der Waals surface area (Å²) in [6.45, 7) is 2.15. The number of rotatable bonds is 3. The third-order valence-corrected chi connectivity index (χ3v) is 2.14. The van der Waals surface area contributed by atoms with Crippen LogP contribution >= 0.6 is 0 Å². The Hall–Kier alpha value is -0.300. The largest absolute Gasteiger partial charge is 0.386 e. The van der Waals surface area contributed by atoms with Crippen molar-refractivity contribution in [2.75, 3.05) is 0 Å². The van der Waals surface area contributed by atoms with E-state index in [2.05, 4.69) is 13.0 Å². The Morgan fingerprint density at radius 1 is 1.60 bits per heavy atom. The molecule has 1 rings (SSSR count). The first-order chi connectivity index (χ1) is 4.77. The molecule has 0 spiro atoms. The van der Waals surface area contributed by atoms with Gasteiger partial charge in [0.1, 0.15) is 0 Å². The fourth-order valence-electron chi connectivity index (χ4n) is 1.41. The van der Waals surface area contributed by atoms with Gasteiger partial charge in [-0.25, -0.2) is 0 Å². The van der Waals surface area contributed by atoms with Gasteiger partial charge in [0.25, 0.3) is 0 Å². The maximum absolute atomic E-state index is 9.74. The van der Waals surface area contributed by atoms with Gasteiger partial charge in [-0.2, -0.15) is 0 Å². The van der Waals surface area contributed by atoms with Crippen molar-refractivity contribution in [2.45, 2.75) is 44.6 Å². The molecular formula is C9H16O. The SMILES string of the molecule is CCCCC1(O)C=CCC1. The molecule has 0 aromatic rings. The molecule has 0 saturated carbocycles. The third-order valence-electron chi connectivity index (χ3n) is 2.14. The average molecular weight is 140 g/mol. The van der Waals surface area contributed by atoms with Gasteiger partial charge in [-0.3, -0.25) is 0 Å². The predicted octanol–water partition coefficient (Wildman–Crippen LogP) is 2.26. The molecule has 1 atom stereocenters. The first-order valence-electron chi connectivity index (χ1n) is 4.17. The molecule has 0 bridgehead atoms. The molecule has 0 aromatic carbocycles. The number of hydrogen-bond donors (Lipinski definition) is 1. The smallest absolute Gasteiger partial charge is 0.0830 e. The average Bonchev–Trinajstić information content (AvgIpc) is 2.33. The second-order valence-corrected chi connectivity index (χ2v) is 3.15. The van der Waals surface area contributed by atoms with Crippen LogP contribution < -0.4 is 0 Å². The first-order valence-corrected chi connectivity index (χ1v) is 4.17. The van der Waals surface area contributed by atoms with E-state index in [1.807, 2.05) is 6.08 Å². The predicted molar refractivity (Wildman–Crippen MR) is 42.8 cm³/mol. The lowest BCUT2D eigenvalue weighted by atomic mass is 9.97. The highest BCUT2D eigenvalue weighted by Gasteiger charge is 2.24. The van der Waals surface area contributed by atoms with E-state index in [0.717, 1.165) is 25.7 Å². The van der Waals surface area contributed by atoms with E-state index in [-0.39, 0.29) is 0 Å². The second kappa shape index (κ2) is 3.20. The van der Waals surface area contributed by atoms with E-state index >= 15 is 0 Å². The monoisotopic (exact) mass is 140 g/mol. The van der Waals surface area contributed by atoms with Crippen LogP contribution in [0.2, 0.25) is 0 Å². The molecule has 0 saturated heterocycles. The minimum atomic E-state index is -0.435. The van der Waals surface area contributed by atoms with Gasteiger partial charge in [-0.1, -0.05) is 31.9 Å². The van der Waals surface area contributed by atoms with Gasteiger partial charge >= 0.3 is 0 Å². The van der Waals surface area contributed by atoms with Crippen molar-refractivity contribution in [3.05, 3.63) is 12.2 Å². The summed E-state index contributed by atoms with van der Waals surface area (Å²) in [5, 5.41) is 9.74. The third kappa shape index (κ3) is 1.84. The van der Waals surface area contributed by atoms with E-state index in [1.54, 1.807) is 0 Å². The summed E-state index contributed by atoms with van der Waals surface area (Å²) in [5.41, 5.74) is -0.435. The van der Waals surface area contributed by atoms with Crippen LogP contribution in [0.15, 0.2) is 12.2 Å². The Morgan fingerprint density at radius 2 is 2.40 bits per heavy atom. The summed E-state index contributed by atoms with van der Waals surface area (Å²) in [4.78, 5) is 0. The molecule has 1 aliphatic carbocycles. The molecule has 0 amide bonds. The van der Waals surface area contributed by atoms with Gasteiger partial charge in [0.2, 0.25) is 0 Å². The lowest BCUT2D eigenvalue weighted by Crippen LogP contribution is -2.21. The van der Waals surface area contributed by atoms with Crippen molar-refractivity contribution in [3.63, 3.8) is 0 Å². The fourth-order valence-corrected chi connectivity index (χ4v) is 1.41. The van der Waals surface area contributed by atoms with Crippen molar-refractivity contribution in [3.8, 4) is 0 Å². The summed E-state index contributed by atoms with van der Waals surface area (Å²) >= 11 is 0. The van der Waals surface area contributed by atoms with Crippen LogP contribution in [0.5, 0.6) is 0 Å². The number of unbranched alkanes of at least 4 members (excludes halogenated alkanes) is 1. The van der Waals surface area contributed by atoms with Crippen LogP contribution in [0.3, 0.4) is 0 Å². The molecule has 58 valence electrons. The fraction of sp³-hybridized carbons (Fsp3) is 0.778. The van der Waals surface area contributed by atoms with Gasteiger partial charge in [0.05, 0.1) is 5.60 Å². The van der Waals surface area contributed by atoms with Crippen molar-refractivity contribution >= 4 is 0 Å². The molecule has 1 nitrogen and oxygen atoms in total. The maximum Gasteiger partial charge on any atom is 0.0830 e. The highest BCUT2D eigenvalue weighted by molar-refractivity contribution is 5.07. The van der Waals surface area contributed by atoms with E-state index < -0.39 is 5.60 Å². The van der Waals surface area contributed by atoms with Gasteiger partial charge < -0.3 is 5.11 Å². The quantitative estimate of drug-likeness (QED) is 0.596. The van der Waals surface area contributed by atoms with Crippen LogP contribution in [0.25, 0.3) is 0 Å². The molecule has 0 aliphatic heterocycles. The topological polar surface area (TPSA) is 20.2 Å². The normalized spacial score (nSPS) is 31.4. The minimum absolute atomic E-state index is 0.435. The second-order valence-electron chi connectivity index (χ2n) is 3.15. The van der Waals surface area contributed by atoms with Crippen LogP contribution in [-0.4, -0.2) is 10.7 Å². The summed E-state index contributed by atoms with van der Waals surface area (Å²) in [6.07, 6.45) is 9.29. The molecule has 0 heterocycles. The van der Waals surface area contributed by atoms with Crippen molar-refractivity contribution < 1.29 is 5.11 Å². The number of allylic oxidation sites excluding steroid dienone is 1. The molecule has 0 radical (unpaired) electrons. The van der Waals surface area contributed by atoms with Gasteiger partial charge in [-0.15, -0.1) is 0 Å². The number of hydrogen-bond acceptors (Lipinski definition) is 1. The van der Waals surface area contributed by atoms with E-state index in [0.29, 0.717) is 0 Å². The van der Waals surface area contributed by atoms with Gasteiger partial charge in [0, 0.05) is 0 Å². The summed E-state index contributed by atoms with van der Waals surface area (Å²) in [5.74, 6) is 0. The zero-order valence-corrected chi connectivity index (χ0v) is 6.64. The summed E-state index contributed by atoms with van der Waals surface area (Å²) in [7, 11) is 0. The Kier molecular flexibility index (Phi) is 2.50. The van der Waals surface area contributed by atoms with Crippen molar-refractivity contribution in [1.82, 2.24) is 0 Å². The zero-order chi connectivity index (χ0) is 7.45. The van der Waals surface area contributed by atoms with Gasteiger partial charge in [-0.05, 0) is 19.3 Å². The Morgan fingerprint density at radius 3 is 2.90 bits per heavy atom. The highest BCUT2D eigenvalue weighted by atomic mass is 16.3. The zero-order valence-electron chi connectivity index (χ0n) is 6.64. The van der Waals surface area contributed by atoms with Crippen molar-refractivity contribution in [1.29, 1.82) is 0 Å².